The number of nitrogens with two attached hydrogens (primary N) is 1. The third-order valence-corrected chi connectivity index (χ3v) is 2.58. The SMILES string of the molecule is COCCOCCOc1cc(C)ccc1[C@@H](C)N. The van der Waals surface area contributed by atoms with Gasteiger partial charge in [-0.15, -0.1) is 0 Å². The van der Waals surface area contributed by atoms with Gasteiger partial charge in [0.25, 0.3) is 0 Å². The van der Waals surface area contributed by atoms with E-state index in [1.807, 2.05) is 32.0 Å². The van der Waals surface area contributed by atoms with Crippen molar-refractivity contribution in [3.05, 3.63) is 29.3 Å². The Kier molecular flexibility index (Phi) is 6.72. The van der Waals surface area contributed by atoms with E-state index >= 15 is 0 Å². The molecule has 4 heteroatoms. The van der Waals surface area contributed by atoms with Gasteiger partial charge in [-0.05, 0) is 25.5 Å². The summed E-state index contributed by atoms with van der Waals surface area (Å²) in [7, 11) is 1.65. The van der Waals surface area contributed by atoms with E-state index in [1.54, 1.807) is 7.11 Å². The smallest absolute Gasteiger partial charge is 0.124 e. The average molecular weight is 253 g/mol. The summed E-state index contributed by atoms with van der Waals surface area (Å²) in [6.45, 7) is 6.26. The van der Waals surface area contributed by atoms with Crippen LogP contribution in [0.4, 0.5) is 0 Å². The van der Waals surface area contributed by atoms with Crippen LogP contribution in [-0.2, 0) is 9.47 Å². The van der Waals surface area contributed by atoms with Crippen LogP contribution in [0.3, 0.4) is 0 Å². The summed E-state index contributed by atoms with van der Waals surface area (Å²) in [4.78, 5) is 0. The van der Waals surface area contributed by atoms with Gasteiger partial charge in [-0.3, -0.25) is 0 Å². The molecule has 0 amide bonds. The molecule has 102 valence electrons. The van der Waals surface area contributed by atoms with Crippen molar-refractivity contribution in [2.24, 2.45) is 5.73 Å². The Morgan fingerprint density at radius 2 is 1.89 bits per heavy atom. The molecule has 0 radical (unpaired) electrons. The van der Waals surface area contributed by atoms with E-state index in [9.17, 15) is 0 Å². The predicted octanol–water partition coefficient (Wildman–Crippen LogP) is 2.06. The van der Waals surface area contributed by atoms with Crippen molar-refractivity contribution in [1.82, 2.24) is 0 Å². The second-order valence-electron chi connectivity index (χ2n) is 4.28. The van der Waals surface area contributed by atoms with Gasteiger partial charge in [0.2, 0.25) is 0 Å². The molecule has 1 aromatic rings. The fourth-order valence-corrected chi connectivity index (χ4v) is 1.60. The normalized spacial score (nSPS) is 12.4. The quantitative estimate of drug-likeness (QED) is 0.720. The largest absolute Gasteiger partial charge is 0.491 e. The first-order valence-electron chi connectivity index (χ1n) is 6.20. The molecule has 0 saturated heterocycles. The maximum atomic E-state index is 5.91. The molecule has 1 rings (SSSR count). The van der Waals surface area contributed by atoms with Crippen molar-refractivity contribution < 1.29 is 14.2 Å². The van der Waals surface area contributed by atoms with Gasteiger partial charge < -0.3 is 19.9 Å². The van der Waals surface area contributed by atoms with Crippen LogP contribution in [0, 0.1) is 6.92 Å². The molecule has 0 heterocycles. The van der Waals surface area contributed by atoms with E-state index in [-0.39, 0.29) is 6.04 Å². The summed E-state index contributed by atoms with van der Waals surface area (Å²) >= 11 is 0. The van der Waals surface area contributed by atoms with Crippen molar-refractivity contribution in [2.45, 2.75) is 19.9 Å². The Morgan fingerprint density at radius 1 is 1.17 bits per heavy atom. The summed E-state index contributed by atoms with van der Waals surface area (Å²) in [6, 6.07) is 6.03. The number of rotatable bonds is 8. The Hall–Kier alpha value is -1.10. The second-order valence-corrected chi connectivity index (χ2v) is 4.28. The summed E-state index contributed by atoms with van der Waals surface area (Å²) in [5.74, 6) is 0.848. The summed E-state index contributed by atoms with van der Waals surface area (Å²) in [6.07, 6.45) is 0. The van der Waals surface area contributed by atoms with E-state index in [0.717, 1.165) is 16.9 Å². The van der Waals surface area contributed by atoms with Crippen molar-refractivity contribution in [3.8, 4) is 5.75 Å². The maximum absolute atomic E-state index is 5.91. The average Bonchev–Trinajstić information content (AvgIpc) is 2.33. The molecule has 0 aliphatic rings. The van der Waals surface area contributed by atoms with Crippen LogP contribution in [0.25, 0.3) is 0 Å². The first kappa shape index (κ1) is 15.0. The minimum atomic E-state index is -0.0324. The highest BCUT2D eigenvalue weighted by Crippen LogP contribution is 2.24. The summed E-state index contributed by atoms with van der Waals surface area (Å²) < 4.78 is 15.9. The fourth-order valence-electron chi connectivity index (χ4n) is 1.60. The number of hydrogen-bond donors (Lipinski definition) is 1. The highest BCUT2D eigenvalue weighted by atomic mass is 16.5. The van der Waals surface area contributed by atoms with Gasteiger partial charge in [0.15, 0.2) is 0 Å². The van der Waals surface area contributed by atoms with Gasteiger partial charge >= 0.3 is 0 Å². The van der Waals surface area contributed by atoms with Crippen molar-refractivity contribution >= 4 is 0 Å². The van der Waals surface area contributed by atoms with Crippen LogP contribution < -0.4 is 10.5 Å². The molecule has 0 spiro atoms. The van der Waals surface area contributed by atoms with Gasteiger partial charge in [0.05, 0.1) is 19.8 Å². The lowest BCUT2D eigenvalue weighted by Crippen LogP contribution is -2.13. The van der Waals surface area contributed by atoms with Crippen LogP contribution in [0.2, 0.25) is 0 Å². The molecule has 1 aromatic carbocycles. The topological polar surface area (TPSA) is 53.7 Å². The standard InChI is InChI=1S/C14H23NO3/c1-11-4-5-13(12(2)15)14(10-11)18-9-8-17-7-6-16-3/h4-5,10,12H,6-9,15H2,1-3H3/t12-/m1/s1. The number of ether oxygens (including phenoxy) is 3. The Bertz CT molecular complexity index is 353. The van der Waals surface area contributed by atoms with E-state index in [4.69, 9.17) is 19.9 Å². The third kappa shape index (κ3) is 5.04. The molecule has 2 N–H and O–H groups in total. The van der Waals surface area contributed by atoms with E-state index in [0.29, 0.717) is 26.4 Å². The minimum Gasteiger partial charge on any atom is -0.491 e. The Morgan fingerprint density at radius 3 is 2.56 bits per heavy atom. The molecule has 0 aliphatic carbocycles. The van der Waals surface area contributed by atoms with Crippen molar-refractivity contribution in [1.29, 1.82) is 0 Å². The van der Waals surface area contributed by atoms with E-state index in [1.165, 1.54) is 0 Å². The van der Waals surface area contributed by atoms with Crippen molar-refractivity contribution in [3.63, 3.8) is 0 Å². The van der Waals surface area contributed by atoms with Crippen LogP contribution in [-0.4, -0.2) is 33.5 Å². The molecule has 18 heavy (non-hydrogen) atoms. The van der Waals surface area contributed by atoms with Gasteiger partial charge in [-0.1, -0.05) is 12.1 Å². The van der Waals surface area contributed by atoms with E-state index < -0.39 is 0 Å². The van der Waals surface area contributed by atoms with Crippen LogP contribution in [0.5, 0.6) is 5.75 Å². The predicted molar refractivity (Wildman–Crippen MR) is 72.0 cm³/mol. The zero-order valence-electron chi connectivity index (χ0n) is 11.4. The first-order valence-corrected chi connectivity index (χ1v) is 6.20. The molecule has 4 nitrogen and oxygen atoms in total. The first-order chi connectivity index (χ1) is 8.65. The number of aryl methyl sites for hydroxylation is 1. The maximum Gasteiger partial charge on any atom is 0.124 e. The van der Waals surface area contributed by atoms with Crippen LogP contribution in [0.15, 0.2) is 18.2 Å². The van der Waals surface area contributed by atoms with Gasteiger partial charge in [0.1, 0.15) is 12.4 Å². The number of methoxy groups -OCH3 is 1. The van der Waals surface area contributed by atoms with Gasteiger partial charge in [-0.2, -0.15) is 0 Å². The summed E-state index contributed by atoms with van der Waals surface area (Å²) in [5, 5.41) is 0. The van der Waals surface area contributed by atoms with Crippen molar-refractivity contribution in [2.75, 3.05) is 33.5 Å². The lowest BCUT2D eigenvalue weighted by molar-refractivity contribution is 0.0542. The molecule has 0 unspecified atom stereocenters. The molecule has 1 atom stereocenters. The van der Waals surface area contributed by atoms with E-state index in [2.05, 4.69) is 0 Å². The fraction of sp³-hybridized carbons (Fsp3) is 0.571. The molecule has 0 bridgehead atoms. The lowest BCUT2D eigenvalue weighted by Gasteiger charge is -2.14. The Balaban J connectivity index is 2.43. The third-order valence-electron chi connectivity index (χ3n) is 2.58. The lowest BCUT2D eigenvalue weighted by atomic mass is 10.1. The zero-order chi connectivity index (χ0) is 13.4. The molecule has 0 aromatic heterocycles. The molecular formula is C14H23NO3. The van der Waals surface area contributed by atoms with Crippen LogP contribution in [0.1, 0.15) is 24.1 Å². The number of benzene rings is 1. The molecule has 0 aliphatic heterocycles. The molecule has 0 fully saturated rings. The monoisotopic (exact) mass is 253 g/mol. The minimum absolute atomic E-state index is 0.0324. The van der Waals surface area contributed by atoms with Gasteiger partial charge in [0, 0.05) is 18.7 Å². The highest BCUT2D eigenvalue weighted by molar-refractivity contribution is 5.38. The second kappa shape index (κ2) is 8.08. The van der Waals surface area contributed by atoms with Gasteiger partial charge in [-0.25, -0.2) is 0 Å². The van der Waals surface area contributed by atoms with Crippen LogP contribution >= 0.6 is 0 Å². The zero-order valence-corrected chi connectivity index (χ0v) is 11.4. The summed E-state index contributed by atoms with van der Waals surface area (Å²) in [5.41, 5.74) is 8.09. The molecule has 0 saturated carbocycles. The molecular weight excluding hydrogens is 230 g/mol. The Labute approximate surface area is 109 Å². The number of hydrogen-bond acceptors (Lipinski definition) is 4. The highest BCUT2D eigenvalue weighted by Gasteiger charge is 2.08.